The summed E-state index contributed by atoms with van der Waals surface area (Å²) in [5.74, 6) is -0.565. The van der Waals surface area contributed by atoms with Crippen LogP contribution < -0.4 is 5.32 Å². The molecule has 5 heteroatoms. The van der Waals surface area contributed by atoms with Gasteiger partial charge in [-0.25, -0.2) is 0 Å². The number of hydrogen-bond donors (Lipinski definition) is 1. The number of carbonyl (C=O) groups excluding carboxylic acids is 2. The average molecular weight is 307 g/mol. The second-order valence-electron chi connectivity index (χ2n) is 4.84. The maximum Gasteiger partial charge on any atom is 0.307 e. The molecule has 1 aromatic rings. The van der Waals surface area contributed by atoms with Gasteiger partial charge in [-0.1, -0.05) is 17.7 Å². The normalized spacial score (nSPS) is 11.4. The Labute approximate surface area is 130 Å². The lowest BCUT2D eigenvalue weighted by atomic mass is 10.0. The van der Waals surface area contributed by atoms with Crippen LogP contribution in [0.3, 0.4) is 0 Å². The molecule has 0 spiro atoms. The molecule has 1 aromatic carbocycles. The molecular weight excluding hydrogens is 286 g/mol. The zero-order valence-corrected chi connectivity index (χ0v) is 13.6. The number of methoxy groups -OCH3 is 1. The summed E-state index contributed by atoms with van der Waals surface area (Å²) in [6, 6.07) is 7.38. The van der Waals surface area contributed by atoms with Crippen LogP contribution in [-0.4, -0.2) is 25.2 Å². The molecule has 0 saturated carbocycles. The van der Waals surface area contributed by atoms with Crippen molar-refractivity contribution in [2.45, 2.75) is 31.2 Å². The third-order valence-electron chi connectivity index (χ3n) is 2.85. The molecule has 0 bridgehead atoms. The fraction of sp³-hybridized carbons (Fsp3) is 0.375. The highest BCUT2D eigenvalue weighted by Gasteiger charge is 2.18. The van der Waals surface area contributed by atoms with Crippen molar-refractivity contribution in [1.82, 2.24) is 5.32 Å². The van der Waals surface area contributed by atoms with Gasteiger partial charge in [0.2, 0.25) is 5.91 Å². The number of rotatable bonds is 6. The lowest BCUT2D eigenvalue weighted by Gasteiger charge is -2.17. The van der Waals surface area contributed by atoms with Gasteiger partial charge in [0.15, 0.2) is 0 Å². The molecule has 1 atom stereocenters. The lowest BCUT2D eigenvalue weighted by Crippen LogP contribution is -2.29. The number of hydrogen-bond acceptors (Lipinski definition) is 4. The summed E-state index contributed by atoms with van der Waals surface area (Å²) in [5, 5.41) is 2.84. The maximum atomic E-state index is 11.9. The number of thioether (sulfide) groups is 1. The number of ether oxygens (including phenoxy) is 1. The zero-order chi connectivity index (χ0) is 15.8. The number of benzene rings is 1. The first-order chi connectivity index (χ1) is 9.96. The van der Waals surface area contributed by atoms with Gasteiger partial charge in [0.05, 0.1) is 19.6 Å². The minimum atomic E-state index is -0.392. The molecular formula is C16H21NO3S. The Hall–Kier alpha value is -1.75. The third kappa shape index (κ3) is 6.04. The number of amides is 1. The van der Waals surface area contributed by atoms with Gasteiger partial charge in [-0.05, 0) is 37.8 Å². The minimum absolute atomic E-state index is 0.109. The van der Waals surface area contributed by atoms with Crippen molar-refractivity contribution in [1.29, 1.82) is 0 Å². The van der Waals surface area contributed by atoms with Crippen LogP contribution in [-0.2, 0) is 14.3 Å². The molecule has 21 heavy (non-hydrogen) atoms. The van der Waals surface area contributed by atoms with Gasteiger partial charge < -0.3 is 10.1 Å². The largest absolute Gasteiger partial charge is 0.469 e. The second kappa shape index (κ2) is 8.52. The average Bonchev–Trinajstić information content (AvgIpc) is 2.45. The highest BCUT2D eigenvalue weighted by Crippen LogP contribution is 2.21. The Morgan fingerprint density at radius 2 is 1.90 bits per heavy atom. The van der Waals surface area contributed by atoms with E-state index in [2.05, 4.69) is 5.32 Å². The van der Waals surface area contributed by atoms with Gasteiger partial charge in [-0.3, -0.25) is 9.59 Å². The van der Waals surface area contributed by atoms with E-state index in [9.17, 15) is 9.59 Å². The van der Waals surface area contributed by atoms with Crippen molar-refractivity contribution >= 4 is 23.6 Å². The van der Waals surface area contributed by atoms with Crippen LogP contribution in [0.2, 0.25) is 0 Å². The van der Waals surface area contributed by atoms with E-state index in [1.165, 1.54) is 13.2 Å². The van der Waals surface area contributed by atoms with Gasteiger partial charge in [0.25, 0.3) is 0 Å². The maximum absolute atomic E-state index is 11.9. The number of esters is 1. The van der Waals surface area contributed by atoms with Gasteiger partial charge >= 0.3 is 5.97 Å². The third-order valence-corrected chi connectivity index (χ3v) is 3.60. The molecule has 0 fully saturated rings. The molecule has 0 aromatic heterocycles. The van der Waals surface area contributed by atoms with Crippen LogP contribution in [0.1, 0.15) is 31.9 Å². The fourth-order valence-corrected chi connectivity index (χ4v) is 2.22. The Morgan fingerprint density at radius 3 is 2.38 bits per heavy atom. The molecule has 0 unspecified atom stereocenters. The number of allylic oxidation sites excluding steroid dienone is 1. The van der Waals surface area contributed by atoms with E-state index in [0.717, 1.165) is 16.0 Å². The van der Waals surface area contributed by atoms with Gasteiger partial charge in [-0.15, -0.1) is 11.8 Å². The van der Waals surface area contributed by atoms with Gasteiger partial charge in [-0.2, -0.15) is 0 Å². The predicted molar refractivity (Wildman–Crippen MR) is 85.2 cm³/mol. The number of nitrogens with one attached hydrogen (secondary N) is 1. The van der Waals surface area contributed by atoms with Crippen molar-refractivity contribution in [3.8, 4) is 0 Å². The van der Waals surface area contributed by atoms with E-state index in [0.29, 0.717) is 0 Å². The van der Waals surface area contributed by atoms with Crippen molar-refractivity contribution in [2.75, 3.05) is 13.4 Å². The number of carbonyl (C=O) groups is 2. The lowest BCUT2D eigenvalue weighted by molar-refractivity contribution is -0.141. The standard InChI is InChI=1S/C16H21NO3S/c1-11(2)9-15(18)17-14(10-16(19)20-3)12-5-7-13(21-4)8-6-12/h5-9,14H,10H2,1-4H3,(H,17,18)/t14-/m1/s1. The molecule has 4 nitrogen and oxygen atoms in total. The summed E-state index contributed by atoms with van der Waals surface area (Å²) in [5.41, 5.74) is 1.79. The first kappa shape index (κ1) is 17.3. The van der Waals surface area contributed by atoms with Crippen LogP contribution in [0.25, 0.3) is 0 Å². The summed E-state index contributed by atoms with van der Waals surface area (Å²) in [6.07, 6.45) is 3.62. The molecule has 1 N–H and O–H groups in total. The van der Waals surface area contributed by atoms with E-state index in [1.807, 2.05) is 44.4 Å². The summed E-state index contributed by atoms with van der Waals surface area (Å²) in [6.45, 7) is 3.70. The van der Waals surface area contributed by atoms with E-state index in [1.54, 1.807) is 11.8 Å². The van der Waals surface area contributed by atoms with Crippen molar-refractivity contribution in [3.63, 3.8) is 0 Å². The summed E-state index contributed by atoms with van der Waals surface area (Å²) in [7, 11) is 1.34. The first-order valence-electron chi connectivity index (χ1n) is 6.62. The minimum Gasteiger partial charge on any atom is -0.469 e. The Bertz CT molecular complexity index is 519. The van der Waals surface area contributed by atoms with Crippen LogP contribution >= 0.6 is 11.8 Å². The smallest absolute Gasteiger partial charge is 0.307 e. The van der Waals surface area contributed by atoms with E-state index >= 15 is 0 Å². The summed E-state index contributed by atoms with van der Waals surface area (Å²) < 4.78 is 4.70. The molecule has 0 aliphatic carbocycles. The van der Waals surface area contributed by atoms with E-state index < -0.39 is 6.04 Å². The van der Waals surface area contributed by atoms with Crippen LogP contribution in [0.4, 0.5) is 0 Å². The van der Waals surface area contributed by atoms with E-state index in [-0.39, 0.29) is 18.3 Å². The Balaban J connectivity index is 2.92. The van der Waals surface area contributed by atoms with Gasteiger partial charge in [0.1, 0.15) is 0 Å². The first-order valence-corrected chi connectivity index (χ1v) is 7.85. The molecule has 0 aliphatic heterocycles. The highest BCUT2D eigenvalue weighted by molar-refractivity contribution is 7.98. The molecule has 1 amide bonds. The highest BCUT2D eigenvalue weighted by atomic mass is 32.2. The van der Waals surface area contributed by atoms with Crippen molar-refractivity contribution in [2.24, 2.45) is 0 Å². The summed E-state index contributed by atoms with van der Waals surface area (Å²) in [4.78, 5) is 24.5. The Kier molecular flexibility index (Phi) is 7.02. The second-order valence-corrected chi connectivity index (χ2v) is 5.72. The Morgan fingerprint density at radius 1 is 1.29 bits per heavy atom. The van der Waals surface area contributed by atoms with Crippen molar-refractivity contribution in [3.05, 3.63) is 41.5 Å². The molecule has 1 rings (SSSR count). The van der Waals surface area contributed by atoms with Crippen LogP contribution in [0, 0.1) is 0 Å². The zero-order valence-electron chi connectivity index (χ0n) is 12.8. The van der Waals surface area contributed by atoms with Crippen LogP contribution in [0.15, 0.2) is 40.8 Å². The van der Waals surface area contributed by atoms with Gasteiger partial charge in [0, 0.05) is 11.0 Å². The molecule has 0 heterocycles. The molecule has 0 saturated heterocycles. The van der Waals surface area contributed by atoms with Crippen molar-refractivity contribution < 1.29 is 14.3 Å². The van der Waals surface area contributed by atoms with Crippen LogP contribution in [0.5, 0.6) is 0 Å². The molecule has 0 radical (unpaired) electrons. The predicted octanol–water partition coefficient (Wildman–Crippen LogP) is 3.10. The summed E-state index contributed by atoms with van der Waals surface area (Å²) >= 11 is 1.64. The fourth-order valence-electron chi connectivity index (χ4n) is 1.81. The quantitative estimate of drug-likeness (QED) is 0.498. The molecule has 114 valence electrons. The monoisotopic (exact) mass is 307 g/mol. The topological polar surface area (TPSA) is 55.4 Å². The SMILES string of the molecule is COC(=O)C[C@@H](NC(=O)C=C(C)C)c1ccc(SC)cc1. The van der Waals surface area contributed by atoms with E-state index in [4.69, 9.17) is 4.74 Å². The molecule has 0 aliphatic rings.